The number of hydrogen-bond acceptors (Lipinski definition) is 4. The van der Waals surface area contributed by atoms with E-state index in [1.54, 1.807) is 18.2 Å². The molecule has 0 aliphatic rings. The molecule has 0 saturated heterocycles. The molecule has 0 radical (unpaired) electrons. The van der Waals surface area contributed by atoms with Crippen LogP contribution in [-0.2, 0) is 0 Å². The van der Waals surface area contributed by atoms with Crippen LogP contribution in [0.1, 0.15) is 0 Å². The van der Waals surface area contributed by atoms with Crippen molar-refractivity contribution in [2.45, 2.75) is 5.22 Å². The third-order valence-corrected chi connectivity index (χ3v) is 2.57. The Bertz CT molecular complexity index is 497. The van der Waals surface area contributed by atoms with E-state index in [1.165, 1.54) is 0 Å². The number of fused-ring (bicyclic) bond motifs is 1. The number of benzene rings is 1. The molecule has 72 valence electrons. The van der Waals surface area contributed by atoms with Gasteiger partial charge in [0, 0.05) is 5.02 Å². The van der Waals surface area contributed by atoms with Crippen molar-refractivity contribution in [3.63, 3.8) is 0 Å². The maximum Gasteiger partial charge on any atom is 0.263 e. The van der Waals surface area contributed by atoms with E-state index in [-0.39, 0.29) is 4.38 Å². The van der Waals surface area contributed by atoms with Crippen molar-refractivity contribution >= 4 is 51.5 Å². The normalized spacial score (nSPS) is 10.7. The van der Waals surface area contributed by atoms with Crippen molar-refractivity contribution in [2.75, 3.05) is 0 Å². The molecule has 0 aliphatic heterocycles. The van der Waals surface area contributed by atoms with Crippen molar-refractivity contribution in [1.82, 2.24) is 4.98 Å². The Morgan fingerprint density at radius 2 is 2.36 bits per heavy atom. The second kappa shape index (κ2) is 3.84. The Balaban J connectivity index is 2.46. The van der Waals surface area contributed by atoms with E-state index in [0.717, 1.165) is 11.8 Å². The fourth-order valence-corrected chi connectivity index (χ4v) is 1.85. The smallest absolute Gasteiger partial charge is 0.263 e. The van der Waals surface area contributed by atoms with Gasteiger partial charge in [-0.3, -0.25) is 5.41 Å². The van der Waals surface area contributed by atoms with Crippen LogP contribution in [0.15, 0.2) is 27.8 Å². The zero-order valence-electron chi connectivity index (χ0n) is 6.82. The minimum atomic E-state index is 0.141. The first-order chi connectivity index (χ1) is 6.65. The standard InChI is InChI=1S/C8H5ClN2OS2/c9-4-1-2-6-5(3-4)11-8(12-6)14-7(10)13/h1-3H,(H2,10,13). The topological polar surface area (TPSA) is 49.9 Å². The van der Waals surface area contributed by atoms with E-state index in [9.17, 15) is 0 Å². The van der Waals surface area contributed by atoms with Gasteiger partial charge in [-0.25, -0.2) is 4.98 Å². The molecule has 0 unspecified atom stereocenters. The number of hydrogen-bond donors (Lipinski definition) is 2. The van der Waals surface area contributed by atoms with Gasteiger partial charge in [0.05, 0.1) is 0 Å². The zero-order valence-corrected chi connectivity index (χ0v) is 9.29. The number of rotatable bonds is 1. The number of thioether (sulfide) groups is 1. The highest BCUT2D eigenvalue weighted by Crippen LogP contribution is 2.26. The van der Waals surface area contributed by atoms with E-state index >= 15 is 0 Å². The van der Waals surface area contributed by atoms with Gasteiger partial charge in [0.1, 0.15) is 9.89 Å². The summed E-state index contributed by atoms with van der Waals surface area (Å²) in [7, 11) is 0. The molecule has 0 saturated carbocycles. The van der Waals surface area contributed by atoms with Gasteiger partial charge in [0.15, 0.2) is 5.58 Å². The number of nitrogens with one attached hydrogen (secondary N) is 1. The summed E-state index contributed by atoms with van der Waals surface area (Å²) in [6, 6.07) is 5.19. The molecule has 2 aromatic rings. The van der Waals surface area contributed by atoms with Gasteiger partial charge in [-0.1, -0.05) is 11.6 Å². The van der Waals surface area contributed by atoms with Crippen LogP contribution in [-0.4, -0.2) is 9.36 Å². The third-order valence-electron chi connectivity index (χ3n) is 1.51. The average Bonchev–Trinajstić information content (AvgIpc) is 2.44. The minimum Gasteiger partial charge on any atom is -0.431 e. The van der Waals surface area contributed by atoms with Crippen molar-refractivity contribution in [2.24, 2.45) is 0 Å². The van der Waals surface area contributed by atoms with Crippen LogP contribution >= 0.6 is 36.0 Å². The highest BCUT2D eigenvalue weighted by Gasteiger charge is 2.07. The van der Waals surface area contributed by atoms with Crippen molar-refractivity contribution in [3.8, 4) is 0 Å². The lowest BCUT2D eigenvalue weighted by atomic mass is 10.3. The van der Waals surface area contributed by atoms with E-state index in [2.05, 4.69) is 17.6 Å². The number of aromatic nitrogens is 1. The molecule has 0 spiro atoms. The molecule has 1 N–H and O–H groups in total. The lowest BCUT2D eigenvalue weighted by molar-refractivity contribution is 0.491. The predicted octanol–water partition coefficient (Wildman–Crippen LogP) is 3.44. The number of oxazole rings is 1. The SMILES string of the molecule is N=C(S)Sc1nc2cc(Cl)ccc2o1. The molecule has 14 heavy (non-hydrogen) atoms. The van der Waals surface area contributed by atoms with Crippen LogP contribution in [0, 0.1) is 5.41 Å². The Kier molecular flexibility index (Phi) is 2.71. The molecule has 1 heterocycles. The summed E-state index contributed by atoms with van der Waals surface area (Å²) < 4.78 is 5.48. The van der Waals surface area contributed by atoms with Crippen molar-refractivity contribution < 1.29 is 4.42 Å². The van der Waals surface area contributed by atoms with Crippen molar-refractivity contribution in [1.29, 1.82) is 5.41 Å². The number of nitrogens with zero attached hydrogens (tertiary/aromatic N) is 1. The molecule has 0 amide bonds. The molecular weight excluding hydrogens is 240 g/mol. The second-order valence-corrected chi connectivity index (χ2v) is 4.65. The molecule has 0 atom stereocenters. The molecule has 0 fully saturated rings. The fraction of sp³-hybridized carbons (Fsp3) is 0. The summed E-state index contributed by atoms with van der Waals surface area (Å²) >= 11 is 10.7. The summed E-state index contributed by atoms with van der Waals surface area (Å²) in [5.74, 6) is 0. The van der Waals surface area contributed by atoms with Gasteiger partial charge in [-0.05, 0) is 30.0 Å². The molecule has 0 aliphatic carbocycles. The number of thiol groups is 1. The van der Waals surface area contributed by atoms with Crippen molar-refractivity contribution in [3.05, 3.63) is 23.2 Å². The van der Waals surface area contributed by atoms with E-state index in [1.807, 2.05) is 0 Å². The molecule has 0 bridgehead atoms. The molecule has 3 nitrogen and oxygen atoms in total. The van der Waals surface area contributed by atoms with Crippen LogP contribution < -0.4 is 0 Å². The lowest BCUT2D eigenvalue weighted by Gasteiger charge is -1.86. The van der Waals surface area contributed by atoms with Gasteiger partial charge < -0.3 is 4.42 Å². The Morgan fingerprint density at radius 1 is 1.57 bits per heavy atom. The maximum atomic E-state index is 7.15. The average molecular weight is 245 g/mol. The summed E-state index contributed by atoms with van der Waals surface area (Å²) in [4.78, 5) is 4.14. The van der Waals surface area contributed by atoms with Crippen LogP contribution in [0.4, 0.5) is 0 Å². The van der Waals surface area contributed by atoms with Gasteiger partial charge in [0.2, 0.25) is 0 Å². The number of halogens is 1. The van der Waals surface area contributed by atoms with Gasteiger partial charge in [-0.15, -0.1) is 12.6 Å². The van der Waals surface area contributed by atoms with E-state index in [4.69, 9.17) is 21.4 Å². The molecule has 1 aromatic carbocycles. The summed E-state index contributed by atoms with van der Waals surface area (Å²) in [6.45, 7) is 0. The summed E-state index contributed by atoms with van der Waals surface area (Å²) in [6.07, 6.45) is 0. The molecular formula is C8H5ClN2OS2. The first-order valence-electron chi connectivity index (χ1n) is 3.66. The summed E-state index contributed by atoms with van der Waals surface area (Å²) in [5, 5.41) is 8.17. The van der Waals surface area contributed by atoms with Crippen LogP contribution in [0.25, 0.3) is 11.1 Å². The first-order valence-corrected chi connectivity index (χ1v) is 5.31. The summed E-state index contributed by atoms with van der Waals surface area (Å²) in [5.41, 5.74) is 1.35. The quantitative estimate of drug-likeness (QED) is 0.350. The predicted molar refractivity (Wildman–Crippen MR) is 61.6 cm³/mol. The molecule has 6 heteroatoms. The monoisotopic (exact) mass is 244 g/mol. The second-order valence-electron chi connectivity index (χ2n) is 2.50. The van der Waals surface area contributed by atoms with Gasteiger partial charge in [-0.2, -0.15) is 0 Å². The van der Waals surface area contributed by atoms with E-state index < -0.39 is 0 Å². The van der Waals surface area contributed by atoms with Gasteiger partial charge in [0.25, 0.3) is 5.22 Å². The third kappa shape index (κ3) is 2.05. The Morgan fingerprint density at radius 3 is 3.07 bits per heavy atom. The fourth-order valence-electron chi connectivity index (χ4n) is 1.01. The van der Waals surface area contributed by atoms with E-state index in [0.29, 0.717) is 21.3 Å². The molecule has 2 rings (SSSR count). The Labute approximate surface area is 94.8 Å². The Hall–Kier alpha value is -0.650. The lowest BCUT2D eigenvalue weighted by Crippen LogP contribution is -1.74. The first kappa shape index (κ1) is 9.89. The maximum absolute atomic E-state index is 7.15. The largest absolute Gasteiger partial charge is 0.431 e. The van der Waals surface area contributed by atoms with Crippen LogP contribution in [0.5, 0.6) is 0 Å². The highest BCUT2D eigenvalue weighted by molar-refractivity contribution is 8.32. The van der Waals surface area contributed by atoms with Gasteiger partial charge >= 0.3 is 0 Å². The minimum absolute atomic E-state index is 0.141. The highest BCUT2D eigenvalue weighted by atomic mass is 35.5. The molecule has 1 aromatic heterocycles. The van der Waals surface area contributed by atoms with Crippen LogP contribution in [0.2, 0.25) is 5.02 Å². The zero-order chi connectivity index (χ0) is 10.1. The van der Waals surface area contributed by atoms with Crippen LogP contribution in [0.3, 0.4) is 0 Å².